The number of rotatable bonds is 7. The number of sulfonamides is 1. The summed E-state index contributed by atoms with van der Waals surface area (Å²) < 4.78 is 26.2. The van der Waals surface area contributed by atoms with Crippen LogP contribution in [-0.4, -0.2) is 38.0 Å². The molecule has 6 heteroatoms. The molecular weight excluding hydrogens is 264 g/mol. The van der Waals surface area contributed by atoms with Gasteiger partial charge in [-0.3, -0.25) is 0 Å². The zero-order chi connectivity index (χ0) is 14.5. The van der Waals surface area contributed by atoms with Crippen molar-refractivity contribution in [3.8, 4) is 0 Å². The van der Waals surface area contributed by atoms with E-state index >= 15 is 0 Å². The number of nitrogens with one attached hydrogen (secondary N) is 1. The van der Waals surface area contributed by atoms with Crippen LogP contribution >= 0.6 is 0 Å². The largest absolute Gasteiger partial charge is 0.392 e. The van der Waals surface area contributed by atoms with Crippen molar-refractivity contribution < 1.29 is 13.5 Å². The highest BCUT2D eigenvalue weighted by atomic mass is 32.2. The predicted octanol–water partition coefficient (Wildman–Crippen LogP) is 0.418. The Kier molecular flexibility index (Phi) is 5.93. The van der Waals surface area contributed by atoms with Crippen LogP contribution in [0.5, 0.6) is 0 Å². The molecule has 1 aromatic carbocycles. The maximum Gasteiger partial charge on any atom is 0.212 e. The van der Waals surface area contributed by atoms with Gasteiger partial charge in [-0.05, 0) is 18.4 Å². The lowest BCUT2D eigenvalue weighted by Gasteiger charge is -2.17. The summed E-state index contributed by atoms with van der Waals surface area (Å²) in [4.78, 5) is 0. The van der Waals surface area contributed by atoms with Crippen LogP contribution in [0, 0.1) is 0 Å². The number of nitrogens with two attached hydrogens (primary N) is 1. The lowest BCUT2D eigenvalue weighted by atomic mass is 10.0. The Morgan fingerprint density at radius 1 is 1.26 bits per heavy atom. The second-order valence-corrected chi connectivity index (χ2v) is 6.70. The molecule has 1 aromatic rings. The van der Waals surface area contributed by atoms with Gasteiger partial charge in [0.15, 0.2) is 0 Å². The van der Waals surface area contributed by atoms with Crippen molar-refractivity contribution in [1.29, 1.82) is 0 Å². The Balaban J connectivity index is 2.55. The van der Waals surface area contributed by atoms with Gasteiger partial charge in [-0.15, -0.1) is 0 Å². The Bertz CT molecular complexity index is 474. The zero-order valence-electron chi connectivity index (χ0n) is 11.3. The van der Waals surface area contributed by atoms with Gasteiger partial charge >= 0.3 is 0 Å². The fourth-order valence-corrected chi connectivity index (χ4v) is 3.07. The van der Waals surface area contributed by atoms with Crippen LogP contribution < -0.4 is 10.5 Å². The van der Waals surface area contributed by atoms with Crippen LogP contribution in [0.15, 0.2) is 30.3 Å². The summed E-state index contributed by atoms with van der Waals surface area (Å²) in [5.74, 6) is -0.0923. The van der Waals surface area contributed by atoms with Crippen LogP contribution in [0.25, 0.3) is 0 Å². The quantitative estimate of drug-likeness (QED) is 0.677. The summed E-state index contributed by atoms with van der Waals surface area (Å²) in [5.41, 5.74) is 6.57. The monoisotopic (exact) mass is 286 g/mol. The second kappa shape index (κ2) is 7.00. The summed E-state index contributed by atoms with van der Waals surface area (Å²) in [7, 11) is -3.40. The number of aliphatic hydroxyl groups excluding tert-OH is 1. The van der Waals surface area contributed by atoms with Crippen LogP contribution in [0.3, 0.4) is 0 Å². The van der Waals surface area contributed by atoms with Crippen molar-refractivity contribution in [3.05, 3.63) is 35.9 Å². The molecule has 4 N–H and O–H groups in total. The van der Waals surface area contributed by atoms with Crippen LogP contribution in [0.1, 0.15) is 25.3 Å². The molecule has 3 atom stereocenters. The SMILES string of the molecule is CC(CS(=O)(=O)NCC(N)C(C)O)c1ccccc1. The summed E-state index contributed by atoms with van der Waals surface area (Å²) in [6, 6.07) is 8.88. The van der Waals surface area contributed by atoms with E-state index in [1.165, 1.54) is 6.92 Å². The Labute approximate surface area is 114 Å². The number of aliphatic hydroxyl groups is 1. The normalized spacial score (nSPS) is 16.8. The first-order valence-electron chi connectivity index (χ1n) is 6.28. The first-order chi connectivity index (χ1) is 8.82. The molecule has 0 aliphatic rings. The molecule has 3 unspecified atom stereocenters. The molecule has 0 saturated carbocycles. The lowest BCUT2D eigenvalue weighted by Crippen LogP contribution is -2.44. The fourth-order valence-electron chi connectivity index (χ4n) is 1.66. The van der Waals surface area contributed by atoms with E-state index in [1.807, 2.05) is 37.3 Å². The molecule has 0 aliphatic carbocycles. The molecule has 0 fully saturated rings. The highest BCUT2D eigenvalue weighted by molar-refractivity contribution is 7.89. The average molecular weight is 286 g/mol. The third-order valence-corrected chi connectivity index (χ3v) is 4.54. The van der Waals surface area contributed by atoms with Crippen LogP contribution in [0.2, 0.25) is 0 Å². The van der Waals surface area contributed by atoms with E-state index in [0.29, 0.717) is 0 Å². The van der Waals surface area contributed by atoms with Gasteiger partial charge in [-0.2, -0.15) is 0 Å². The number of hydrogen-bond donors (Lipinski definition) is 3. The van der Waals surface area contributed by atoms with Crippen molar-refractivity contribution in [2.24, 2.45) is 5.73 Å². The maximum absolute atomic E-state index is 11.9. The number of benzene rings is 1. The molecule has 0 spiro atoms. The van der Waals surface area contributed by atoms with Crippen LogP contribution in [0.4, 0.5) is 0 Å². The molecule has 1 rings (SSSR count). The molecule has 19 heavy (non-hydrogen) atoms. The van der Waals surface area contributed by atoms with Crippen molar-refractivity contribution in [1.82, 2.24) is 4.72 Å². The van der Waals surface area contributed by atoms with E-state index in [1.54, 1.807) is 0 Å². The smallest absolute Gasteiger partial charge is 0.212 e. The van der Waals surface area contributed by atoms with E-state index < -0.39 is 22.2 Å². The van der Waals surface area contributed by atoms with Crippen molar-refractivity contribution in [2.45, 2.75) is 31.9 Å². The minimum absolute atomic E-state index is 0.00351. The molecule has 5 nitrogen and oxygen atoms in total. The summed E-state index contributed by atoms with van der Waals surface area (Å²) in [5, 5.41) is 9.22. The molecular formula is C13H22N2O3S. The third kappa shape index (κ3) is 5.69. The van der Waals surface area contributed by atoms with Crippen molar-refractivity contribution >= 4 is 10.0 Å². The first-order valence-corrected chi connectivity index (χ1v) is 7.93. The summed E-state index contributed by atoms with van der Waals surface area (Å²) in [6.45, 7) is 3.44. The second-order valence-electron chi connectivity index (χ2n) is 4.85. The third-order valence-electron chi connectivity index (χ3n) is 3.00. The lowest BCUT2D eigenvalue weighted by molar-refractivity contribution is 0.164. The highest BCUT2D eigenvalue weighted by Gasteiger charge is 2.19. The van der Waals surface area contributed by atoms with Crippen molar-refractivity contribution in [3.63, 3.8) is 0 Å². The van der Waals surface area contributed by atoms with Gasteiger partial charge in [0.1, 0.15) is 0 Å². The average Bonchev–Trinajstić information content (AvgIpc) is 2.36. The molecule has 0 aromatic heterocycles. The maximum atomic E-state index is 11.9. The van der Waals surface area contributed by atoms with E-state index in [-0.39, 0.29) is 18.2 Å². The minimum atomic E-state index is -3.40. The highest BCUT2D eigenvalue weighted by Crippen LogP contribution is 2.16. The van der Waals surface area contributed by atoms with Gasteiger partial charge in [0, 0.05) is 12.6 Å². The van der Waals surface area contributed by atoms with Gasteiger partial charge in [-0.25, -0.2) is 13.1 Å². The Morgan fingerprint density at radius 2 is 1.84 bits per heavy atom. The van der Waals surface area contributed by atoms with Gasteiger partial charge in [-0.1, -0.05) is 37.3 Å². The van der Waals surface area contributed by atoms with E-state index in [4.69, 9.17) is 5.73 Å². The standard InChI is InChI=1S/C13H22N2O3S/c1-10(12-6-4-3-5-7-12)9-19(17,18)15-8-13(14)11(2)16/h3-7,10-11,13,15-16H,8-9,14H2,1-2H3. The predicted molar refractivity (Wildman–Crippen MR) is 76.3 cm³/mol. The minimum Gasteiger partial charge on any atom is -0.392 e. The van der Waals surface area contributed by atoms with Gasteiger partial charge in [0.05, 0.1) is 11.9 Å². The summed E-state index contributed by atoms with van der Waals surface area (Å²) >= 11 is 0. The van der Waals surface area contributed by atoms with E-state index in [9.17, 15) is 13.5 Å². The molecule has 0 radical (unpaired) electrons. The summed E-state index contributed by atoms with van der Waals surface area (Å²) in [6.07, 6.45) is -0.741. The first kappa shape index (κ1) is 16.1. The molecule has 0 heterocycles. The molecule has 0 bridgehead atoms. The van der Waals surface area contributed by atoms with E-state index in [0.717, 1.165) is 5.56 Å². The molecule has 108 valence electrons. The number of hydrogen-bond acceptors (Lipinski definition) is 4. The Hall–Kier alpha value is -0.950. The molecule has 0 amide bonds. The van der Waals surface area contributed by atoms with Crippen molar-refractivity contribution in [2.75, 3.05) is 12.3 Å². The Morgan fingerprint density at radius 3 is 2.37 bits per heavy atom. The molecule has 0 saturated heterocycles. The van der Waals surface area contributed by atoms with Gasteiger partial charge < -0.3 is 10.8 Å². The topological polar surface area (TPSA) is 92.4 Å². The van der Waals surface area contributed by atoms with E-state index in [2.05, 4.69) is 4.72 Å². The van der Waals surface area contributed by atoms with Crippen LogP contribution in [-0.2, 0) is 10.0 Å². The van der Waals surface area contributed by atoms with Gasteiger partial charge in [0.25, 0.3) is 0 Å². The molecule has 0 aliphatic heterocycles. The zero-order valence-corrected chi connectivity index (χ0v) is 12.1. The van der Waals surface area contributed by atoms with Gasteiger partial charge in [0.2, 0.25) is 10.0 Å². The fraction of sp³-hybridized carbons (Fsp3) is 0.538.